The predicted molar refractivity (Wildman–Crippen MR) is 107 cm³/mol. The second-order valence-electron chi connectivity index (χ2n) is 6.81. The van der Waals surface area contributed by atoms with Crippen molar-refractivity contribution in [1.82, 2.24) is 4.90 Å². The Balaban J connectivity index is 2.15. The van der Waals surface area contributed by atoms with Crippen LogP contribution in [0.15, 0.2) is 52.7 Å². The molecule has 3 rings (SSSR count). The number of rotatable bonds is 2. The SMILES string of the molecule is CC(=NN=C1c2ccc(Cl)cc2CC1(C)c1ccc(Cl)cc1)N(C)C. The van der Waals surface area contributed by atoms with E-state index in [4.69, 9.17) is 23.2 Å². The summed E-state index contributed by atoms with van der Waals surface area (Å²) in [6.45, 7) is 4.14. The fraction of sp³-hybridized carbons (Fsp3) is 0.300. The third-order valence-electron chi connectivity index (χ3n) is 4.81. The molecule has 0 aliphatic heterocycles. The van der Waals surface area contributed by atoms with Crippen LogP contribution in [0.4, 0.5) is 0 Å². The maximum Gasteiger partial charge on any atom is 0.123 e. The first-order chi connectivity index (χ1) is 11.8. The molecule has 0 aromatic heterocycles. The molecular formula is C20H21Cl2N3. The largest absolute Gasteiger partial charge is 0.365 e. The summed E-state index contributed by atoms with van der Waals surface area (Å²) in [5.74, 6) is 0.855. The van der Waals surface area contributed by atoms with Crippen LogP contribution in [0, 0.1) is 0 Å². The molecule has 2 aromatic carbocycles. The minimum Gasteiger partial charge on any atom is -0.365 e. The standard InChI is InChI=1S/C20H21Cl2N3/c1-13(25(3)4)23-24-19-18-10-9-17(22)11-14(18)12-20(19,2)15-5-7-16(21)8-6-15/h5-11H,12H2,1-4H3. The predicted octanol–water partition coefficient (Wildman–Crippen LogP) is 5.19. The highest BCUT2D eigenvalue weighted by Crippen LogP contribution is 2.41. The third kappa shape index (κ3) is 3.44. The van der Waals surface area contributed by atoms with Crippen molar-refractivity contribution in [3.05, 3.63) is 69.2 Å². The highest BCUT2D eigenvalue weighted by Gasteiger charge is 2.41. The van der Waals surface area contributed by atoms with Crippen LogP contribution in [0.5, 0.6) is 0 Å². The van der Waals surface area contributed by atoms with Gasteiger partial charge in [-0.2, -0.15) is 5.10 Å². The zero-order valence-electron chi connectivity index (χ0n) is 14.8. The van der Waals surface area contributed by atoms with Crippen LogP contribution < -0.4 is 0 Å². The Hall–Kier alpha value is -1.84. The smallest absolute Gasteiger partial charge is 0.123 e. The summed E-state index contributed by atoms with van der Waals surface area (Å²) < 4.78 is 0. The zero-order chi connectivity index (χ0) is 18.2. The van der Waals surface area contributed by atoms with Crippen molar-refractivity contribution in [1.29, 1.82) is 0 Å². The first kappa shape index (κ1) is 18.0. The molecule has 0 heterocycles. The van der Waals surface area contributed by atoms with Crippen molar-refractivity contribution in [3.8, 4) is 0 Å². The van der Waals surface area contributed by atoms with Crippen LogP contribution in [-0.2, 0) is 11.8 Å². The van der Waals surface area contributed by atoms with Crippen molar-refractivity contribution in [2.75, 3.05) is 14.1 Å². The second-order valence-corrected chi connectivity index (χ2v) is 7.68. The van der Waals surface area contributed by atoms with Crippen molar-refractivity contribution < 1.29 is 0 Å². The normalized spacial score (nSPS) is 21.5. The van der Waals surface area contributed by atoms with Crippen LogP contribution in [0.3, 0.4) is 0 Å². The van der Waals surface area contributed by atoms with E-state index in [0.29, 0.717) is 0 Å². The van der Waals surface area contributed by atoms with Gasteiger partial charge in [0.2, 0.25) is 0 Å². The molecule has 1 atom stereocenters. The molecule has 0 saturated heterocycles. The summed E-state index contributed by atoms with van der Waals surface area (Å²) >= 11 is 12.3. The van der Waals surface area contributed by atoms with Crippen molar-refractivity contribution in [3.63, 3.8) is 0 Å². The summed E-state index contributed by atoms with van der Waals surface area (Å²) in [5.41, 5.74) is 4.16. The maximum absolute atomic E-state index is 6.21. The monoisotopic (exact) mass is 373 g/mol. The number of benzene rings is 2. The van der Waals surface area contributed by atoms with Gasteiger partial charge in [0, 0.05) is 35.1 Å². The average molecular weight is 374 g/mol. The number of nitrogens with zero attached hydrogens (tertiary/aromatic N) is 3. The fourth-order valence-electron chi connectivity index (χ4n) is 3.13. The molecule has 0 bridgehead atoms. The highest BCUT2D eigenvalue weighted by molar-refractivity contribution is 6.31. The van der Waals surface area contributed by atoms with Gasteiger partial charge in [-0.3, -0.25) is 0 Å². The Morgan fingerprint density at radius 2 is 1.68 bits per heavy atom. The Morgan fingerprint density at radius 3 is 2.32 bits per heavy atom. The van der Waals surface area contributed by atoms with Crippen molar-refractivity contribution >= 4 is 34.7 Å². The van der Waals surface area contributed by atoms with E-state index in [1.807, 2.05) is 56.3 Å². The lowest BCUT2D eigenvalue weighted by atomic mass is 9.78. The number of hydrogen-bond donors (Lipinski definition) is 0. The van der Waals surface area contributed by atoms with Gasteiger partial charge in [0.15, 0.2) is 0 Å². The van der Waals surface area contributed by atoms with Crippen LogP contribution in [0.2, 0.25) is 10.0 Å². The minimum atomic E-state index is -0.270. The number of amidine groups is 1. The second kappa shape index (κ2) is 6.81. The van der Waals surface area contributed by atoms with Crippen LogP contribution in [0.1, 0.15) is 30.5 Å². The fourth-order valence-corrected chi connectivity index (χ4v) is 3.45. The lowest BCUT2D eigenvalue weighted by Crippen LogP contribution is -2.30. The Bertz CT molecular complexity index is 854. The van der Waals surface area contributed by atoms with Gasteiger partial charge in [0.05, 0.1) is 5.71 Å². The Morgan fingerprint density at radius 1 is 1.04 bits per heavy atom. The maximum atomic E-state index is 6.21. The zero-order valence-corrected chi connectivity index (χ0v) is 16.4. The van der Waals surface area contributed by atoms with Gasteiger partial charge in [0.25, 0.3) is 0 Å². The van der Waals surface area contributed by atoms with Gasteiger partial charge in [-0.05, 0) is 55.7 Å². The van der Waals surface area contributed by atoms with Crippen LogP contribution in [-0.4, -0.2) is 30.5 Å². The molecular weight excluding hydrogens is 353 g/mol. The lowest BCUT2D eigenvalue weighted by molar-refractivity contribution is 0.613. The van der Waals surface area contributed by atoms with Crippen molar-refractivity contribution in [2.24, 2.45) is 10.2 Å². The first-order valence-corrected chi connectivity index (χ1v) is 8.92. The summed E-state index contributed by atoms with van der Waals surface area (Å²) in [5, 5.41) is 10.6. The van der Waals surface area contributed by atoms with Gasteiger partial charge < -0.3 is 4.90 Å². The first-order valence-electron chi connectivity index (χ1n) is 8.16. The minimum absolute atomic E-state index is 0.270. The van der Waals surface area contributed by atoms with E-state index in [-0.39, 0.29) is 5.41 Å². The molecule has 0 amide bonds. The van der Waals surface area contributed by atoms with Gasteiger partial charge in [-0.1, -0.05) is 41.4 Å². The van der Waals surface area contributed by atoms with Crippen LogP contribution >= 0.6 is 23.2 Å². The molecule has 0 saturated carbocycles. The van der Waals surface area contributed by atoms with Gasteiger partial charge in [-0.15, -0.1) is 5.10 Å². The number of halogens is 2. The summed E-state index contributed by atoms with van der Waals surface area (Å²) in [6.07, 6.45) is 0.833. The third-order valence-corrected chi connectivity index (χ3v) is 5.30. The highest BCUT2D eigenvalue weighted by atomic mass is 35.5. The van der Waals surface area contributed by atoms with Crippen LogP contribution in [0.25, 0.3) is 0 Å². The molecule has 1 unspecified atom stereocenters. The van der Waals surface area contributed by atoms with Gasteiger partial charge in [-0.25, -0.2) is 0 Å². The molecule has 2 aromatic rings. The molecule has 5 heteroatoms. The van der Waals surface area contributed by atoms with E-state index >= 15 is 0 Å². The quantitative estimate of drug-likeness (QED) is 0.404. The number of fused-ring (bicyclic) bond motifs is 1. The summed E-state index contributed by atoms with van der Waals surface area (Å²) in [4.78, 5) is 1.95. The molecule has 0 fully saturated rings. The molecule has 3 nitrogen and oxygen atoms in total. The van der Waals surface area contributed by atoms with E-state index in [0.717, 1.165) is 33.6 Å². The molecule has 1 aliphatic rings. The van der Waals surface area contributed by atoms with Crippen molar-refractivity contribution in [2.45, 2.75) is 25.7 Å². The molecule has 25 heavy (non-hydrogen) atoms. The van der Waals surface area contributed by atoms with E-state index in [2.05, 4.69) is 29.3 Å². The van der Waals surface area contributed by atoms with E-state index < -0.39 is 0 Å². The topological polar surface area (TPSA) is 28.0 Å². The molecule has 1 aliphatic carbocycles. The van der Waals surface area contributed by atoms with E-state index in [1.54, 1.807) is 0 Å². The Labute approximate surface area is 159 Å². The summed E-state index contributed by atoms with van der Waals surface area (Å²) in [6, 6.07) is 13.9. The number of hydrogen-bond acceptors (Lipinski definition) is 2. The van der Waals surface area contributed by atoms with E-state index in [1.165, 1.54) is 11.1 Å². The average Bonchev–Trinajstić information content (AvgIpc) is 2.84. The molecule has 130 valence electrons. The molecule has 0 radical (unpaired) electrons. The van der Waals surface area contributed by atoms with Gasteiger partial charge >= 0.3 is 0 Å². The lowest BCUT2D eigenvalue weighted by Gasteiger charge is -2.25. The molecule has 0 N–H and O–H groups in total. The molecule has 0 spiro atoms. The van der Waals surface area contributed by atoms with E-state index in [9.17, 15) is 0 Å². The summed E-state index contributed by atoms with van der Waals surface area (Å²) in [7, 11) is 3.92. The Kier molecular flexibility index (Phi) is 4.90. The van der Waals surface area contributed by atoms with Gasteiger partial charge in [0.1, 0.15) is 5.84 Å².